The van der Waals surface area contributed by atoms with E-state index in [1.54, 1.807) is 48.5 Å². The number of ketones is 2. The number of rotatable bonds is 2. The van der Waals surface area contributed by atoms with Crippen molar-refractivity contribution in [1.29, 1.82) is 0 Å². The number of hydrogen-bond acceptors (Lipinski definition) is 4. The number of nitrogens with one attached hydrogen (secondary N) is 2. The lowest BCUT2D eigenvalue weighted by Crippen LogP contribution is -2.49. The average Bonchev–Trinajstić information content (AvgIpc) is 2.65. The Hall–Kier alpha value is -3.41. The van der Waals surface area contributed by atoms with Crippen molar-refractivity contribution in [3.05, 3.63) is 76.5 Å². The fourth-order valence-electron chi connectivity index (χ4n) is 3.29. The van der Waals surface area contributed by atoms with Crippen molar-refractivity contribution in [3.63, 3.8) is 0 Å². The van der Waals surface area contributed by atoms with E-state index in [4.69, 9.17) is 4.74 Å². The van der Waals surface area contributed by atoms with Crippen LogP contribution in [0.15, 0.2) is 59.8 Å². The number of para-hydroxylation sites is 1. The zero-order valence-electron chi connectivity index (χ0n) is 13.3. The van der Waals surface area contributed by atoms with Crippen LogP contribution in [0.2, 0.25) is 0 Å². The third-order valence-electron chi connectivity index (χ3n) is 4.41. The Morgan fingerprint density at radius 1 is 0.880 bits per heavy atom. The number of fused-ring (bicyclic) bond motifs is 1. The number of ether oxygens (including phenoxy) is 1. The smallest absolute Gasteiger partial charge is 0.320 e. The van der Waals surface area contributed by atoms with E-state index in [1.807, 2.05) is 0 Å². The topological polar surface area (TPSA) is 84.5 Å². The largest absolute Gasteiger partial charge is 0.496 e. The highest BCUT2D eigenvalue weighted by Gasteiger charge is 2.41. The van der Waals surface area contributed by atoms with E-state index < -0.39 is 12.1 Å². The number of hydrogen-bond donors (Lipinski definition) is 2. The summed E-state index contributed by atoms with van der Waals surface area (Å²) in [7, 11) is 1.51. The van der Waals surface area contributed by atoms with Crippen molar-refractivity contribution in [2.45, 2.75) is 6.04 Å². The second kappa shape index (κ2) is 5.59. The van der Waals surface area contributed by atoms with E-state index in [1.165, 1.54) is 7.11 Å². The minimum Gasteiger partial charge on any atom is -0.496 e. The maximum Gasteiger partial charge on any atom is 0.320 e. The highest BCUT2D eigenvalue weighted by molar-refractivity contribution is 6.28. The third-order valence-corrected chi connectivity index (χ3v) is 4.41. The molecule has 0 aromatic heterocycles. The molecular formula is C19H14N2O4. The zero-order valence-corrected chi connectivity index (χ0v) is 13.3. The van der Waals surface area contributed by atoms with Crippen LogP contribution in [0.3, 0.4) is 0 Å². The molecule has 0 fully saturated rings. The SMILES string of the molecule is COc1ccccc1C1NC(=O)NC2=C1C(=O)c1ccccc1C2=O. The van der Waals surface area contributed by atoms with E-state index in [-0.39, 0.29) is 22.8 Å². The first kappa shape index (κ1) is 15.1. The van der Waals surface area contributed by atoms with Crippen molar-refractivity contribution >= 4 is 17.6 Å². The molecule has 0 bridgehead atoms. The summed E-state index contributed by atoms with van der Waals surface area (Å²) >= 11 is 0. The number of amides is 2. The van der Waals surface area contributed by atoms with Crippen LogP contribution in [0.4, 0.5) is 4.79 Å². The van der Waals surface area contributed by atoms with Gasteiger partial charge in [-0.05, 0) is 6.07 Å². The fourth-order valence-corrected chi connectivity index (χ4v) is 3.29. The Bertz CT molecular complexity index is 961. The van der Waals surface area contributed by atoms with Gasteiger partial charge in [-0.1, -0.05) is 42.5 Å². The van der Waals surface area contributed by atoms with Gasteiger partial charge in [0.25, 0.3) is 0 Å². The van der Waals surface area contributed by atoms with Crippen molar-refractivity contribution in [1.82, 2.24) is 10.6 Å². The predicted octanol–water partition coefficient (Wildman–Crippen LogP) is 2.38. The number of Topliss-reactive ketones (excluding diaryl/α,β-unsaturated/α-hetero) is 2. The fraction of sp³-hybridized carbons (Fsp3) is 0.105. The first-order valence-electron chi connectivity index (χ1n) is 7.75. The maximum atomic E-state index is 13.0. The normalized spacial score (nSPS) is 18.9. The van der Waals surface area contributed by atoms with E-state index >= 15 is 0 Å². The highest BCUT2D eigenvalue weighted by Crippen LogP contribution is 2.38. The van der Waals surface area contributed by atoms with Gasteiger partial charge in [0.05, 0.1) is 18.7 Å². The first-order chi connectivity index (χ1) is 12.1. The van der Waals surface area contributed by atoms with Crippen LogP contribution in [0.1, 0.15) is 32.3 Å². The van der Waals surface area contributed by atoms with Crippen LogP contribution < -0.4 is 15.4 Å². The Labute approximate surface area is 143 Å². The molecule has 1 heterocycles. The van der Waals surface area contributed by atoms with Gasteiger partial charge in [-0.25, -0.2) is 4.79 Å². The van der Waals surface area contributed by atoms with Crippen LogP contribution >= 0.6 is 0 Å². The monoisotopic (exact) mass is 334 g/mol. The molecule has 2 amide bonds. The van der Waals surface area contributed by atoms with Gasteiger partial charge in [-0.3, -0.25) is 9.59 Å². The molecule has 6 nitrogen and oxygen atoms in total. The van der Waals surface area contributed by atoms with Crippen LogP contribution in [-0.4, -0.2) is 24.7 Å². The summed E-state index contributed by atoms with van der Waals surface area (Å²) in [6.07, 6.45) is 0. The zero-order chi connectivity index (χ0) is 17.6. The number of methoxy groups -OCH3 is 1. The van der Waals surface area contributed by atoms with E-state index in [0.717, 1.165) is 0 Å². The molecule has 1 unspecified atom stereocenters. The summed E-state index contributed by atoms with van der Waals surface area (Å²) in [6.45, 7) is 0. The van der Waals surface area contributed by atoms with Gasteiger partial charge in [0, 0.05) is 16.7 Å². The predicted molar refractivity (Wildman–Crippen MR) is 89.5 cm³/mol. The molecule has 1 aliphatic carbocycles. The average molecular weight is 334 g/mol. The van der Waals surface area contributed by atoms with Crippen LogP contribution in [0.25, 0.3) is 0 Å². The van der Waals surface area contributed by atoms with Gasteiger partial charge in [-0.2, -0.15) is 0 Å². The molecule has 6 heteroatoms. The summed E-state index contributed by atoms with van der Waals surface area (Å²) in [5, 5.41) is 5.22. The molecule has 0 radical (unpaired) electrons. The molecule has 2 N–H and O–H groups in total. The molecule has 1 aliphatic heterocycles. The van der Waals surface area contributed by atoms with Crippen molar-refractivity contribution < 1.29 is 19.1 Å². The van der Waals surface area contributed by atoms with Gasteiger partial charge < -0.3 is 15.4 Å². The number of benzene rings is 2. The lowest BCUT2D eigenvalue weighted by atomic mass is 9.81. The van der Waals surface area contributed by atoms with Crippen LogP contribution in [0, 0.1) is 0 Å². The number of allylic oxidation sites excluding steroid dienone is 1. The Morgan fingerprint density at radius 3 is 2.24 bits per heavy atom. The van der Waals surface area contributed by atoms with E-state index in [9.17, 15) is 14.4 Å². The number of carbonyl (C=O) groups is 3. The van der Waals surface area contributed by atoms with Crippen molar-refractivity contribution in [2.24, 2.45) is 0 Å². The molecule has 2 aromatic carbocycles. The van der Waals surface area contributed by atoms with Gasteiger partial charge in [0.15, 0.2) is 5.78 Å². The first-order valence-corrected chi connectivity index (χ1v) is 7.75. The molecule has 25 heavy (non-hydrogen) atoms. The van der Waals surface area contributed by atoms with E-state index in [0.29, 0.717) is 22.4 Å². The lowest BCUT2D eigenvalue weighted by Gasteiger charge is -2.32. The molecule has 0 saturated heterocycles. The van der Waals surface area contributed by atoms with Gasteiger partial charge >= 0.3 is 6.03 Å². The summed E-state index contributed by atoms with van der Waals surface area (Å²) in [4.78, 5) is 37.9. The molecule has 2 aliphatic rings. The lowest BCUT2D eigenvalue weighted by molar-refractivity contribution is 0.0958. The molecule has 1 atom stereocenters. The maximum absolute atomic E-state index is 13.0. The number of urea groups is 1. The van der Waals surface area contributed by atoms with Gasteiger partial charge in [0.1, 0.15) is 11.4 Å². The van der Waals surface area contributed by atoms with Crippen LogP contribution in [0.5, 0.6) is 5.75 Å². The van der Waals surface area contributed by atoms with Crippen molar-refractivity contribution in [2.75, 3.05) is 7.11 Å². The molecule has 2 aromatic rings. The standard InChI is InChI=1S/C19H14N2O4/c1-25-13-9-5-4-8-12(13)15-14-16(21-19(24)20-15)18(23)11-7-3-2-6-10(11)17(14)22/h2-9,15H,1H3,(H2,20,21,24). The van der Waals surface area contributed by atoms with Gasteiger partial charge in [-0.15, -0.1) is 0 Å². The quantitative estimate of drug-likeness (QED) is 0.883. The van der Waals surface area contributed by atoms with Crippen LogP contribution in [-0.2, 0) is 0 Å². The Balaban J connectivity index is 1.93. The third kappa shape index (κ3) is 2.22. The molecule has 0 saturated carbocycles. The summed E-state index contributed by atoms with van der Waals surface area (Å²) in [5.41, 5.74) is 1.51. The summed E-state index contributed by atoms with van der Waals surface area (Å²) < 4.78 is 5.35. The highest BCUT2D eigenvalue weighted by atomic mass is 16.5. The molecular weight excluding hydrogens is 320 g/mol. The van der Waals surface area contributed by atoms with E-state index in [2.05, 4.69) is 10.6 Å². The Morgan fingerprint density at radius 2 is 1.52 bits per heavy atom. The van der Waals surface area contributed by atoms with Gasteiger partial charge in [0.2, 0.25) is 5.78 Å². The number of carbonyl (C=O) groups excluding carboxylic acids is 3. The minimum atomic E-state index is -0.760. The molecule has 4 rings (SSSR count). The second-order valence-electron chi connectivity index (χ2n) is 5.77. The van der Waals surface area contributed by atoms with Crippen molar-refractivity contribution in [3.8, 4) is 5.75 Å². The second-order valence-corrected chi connectivity index (χ2v) is 5.77. The summed E-state index contributed by atoms with van der Waals surface area (Å²) in [6, 6.07) is 12.4. The Kier molecular flexibility index (Phi) is 3.39. The minimum absolute atomic E-state index is 0.0309. The molecule has 0 spiro atoms. The molecule has 124 valence electrons. The summed E-state index contributed by atoms with van der Waals surface area (Å²) in [5.74, 6) is -0.116.